The lowest BCUT2D eigenvalue weighted by molar-refractivity contribution is -0.140. The Hall–Kier alpha value is -3.58. The van der Waals surface area contributed by atoms with Crippen molar-refractivity contribution < 1.29 is 19.1 Å². The maximum atomic E-state index is 12.5. The topological polar surface area (TPSA) is 89.6 Å². The van der Waals surface area contributed by atoms with E-state index >= 15 is 0 Å². The number of pyridine rings is 1. The highest BCUT2D eigenvalue weighted by atomic mass is 32.2. The molecule has 0 saturated heterocycles. The Morgan fingerprint density at radius 2 is 1.94 bits per heavy atom. The summed E-state index contributed by atoms with van der Waals surface area (Å²) in [5.41, 5.74) is 0.0785. The molecule has 0 saturated carbocycles. The number of aromatic nitrogens is 1. The largest absolute Gasteiger partial charge is 0.502 e. The van der Waals surface area contributed by atoms with E-state index in [0.717, 1.165) is 15.7 Å². The van der Waals surface area contributed by atoms with Crippen LogP contribution in [0, 0.1) is 0 Å². The fourth-order valence-electron chi connectivity index (χ4n) is 3.47. The van der Waals surface area contributed by atoms with E-state index in [-0.39, 0.29) is 12.2 Å². The summed E-state index contributed by atoms with van der Waals surface area (Å²) in [5.74, 6) is -0.878. The van der Waals surface area contributed by atoms with Crippen LogP contribution in [-0.2, 0) is 15.3 Å². The minimum absolute atomic E-state index is 0.0324. The van der Waals surface area contributed by atoms with E-state index in [1.165, 1.54) is 24.9 Å². The van der Waals surface area contributed by atoms with Crippen molar-refractivity contribution in [2.75, 3.05) is 7.11 Å². The molecular weight excluding hydrogens is 426 g/mol. The maximum Gasteiger partial charge on any atom is 0.306 e. The van der Waals surface area contributed by atoms with Crippen molar-refractivity contribution in [1.82, 2.24) is 4.98 Å². The maximum absolute atomic E-state index is 12.5. The number of carbonyl (C=O) groups excluding carboxylic acids is 1. The number of carbonyl (C=O) groups is 1. The van der Waals surface area contributed by atoms with Gasteiger partial charge in [-0.1, -0.05) is 36.4 Å². The van der Waals surface area contributed by atoms with Gasteiger partial charge in [0.2, 0.25) is 11.2 Å². The van der Waals surface area contributed by atoms with E-state index < -0.39 is 23.1 Å². The Morgan fingerprint density at radius 1 is 1.12 bits per heavy atom. The van der Waals surface area contributed by atoms with Gasteiger partial charge in [-0.3, -0.25) is 14.6 Å². The van der Waals surface area contributed by atoms with E-state index in [0.29, 0.717) is 17.1 Å². The van der Waals surface area contributed by atoms with Gasteiger partial charge < -0.3 is 14.3 Å². The van der Waals surface area contributed by atoms with Crippen molar-refractivity contribution in [2.24, 2.45) is 0 Å². The standard InChI is InChI=1S/C25H21NO5S/c1-30-23(28)13-21(18-7-4-10-26-14-18)25-24(29)22(27)12-19(31-25)15-32-20-9-8-16-5-2-3-6-17(16)11-20/h2-12,14,21,29H,13,15H2,1H3/t21-/m1/s1. The lowest BCUT2D eigenvalue weighted by Gasteiger charge is -2.17. The third-order valence-electron chi connectivity index (χ3n) is 5.10. The van der Waals surface area contributed by atoms with E-state index in [9.17, 15) is 14.7 Å². The van der Waals surface area contributed by atoms with E-state index in [1.807, 2.05) is 30.3 Å². The molecule has 0 aliphatic heterocycles. The van der Waals surface area contributed by atoms with E-state index in [1.54, 1.807) is 24.5 Å². The van der Waals surface area contributed by atoms with Gasteiger partial charge in [-0.05, 0) is 34.5 Å². The van der Waals surface area contributed by atoms with Crippen molar-refractivity contribution in [1.29, 1.82) is 0 Å². The number of aromatic hydroxyl groups is 1. The van der Waals surface area contributed by atoms with Gasteiger partial charge >= 0.3 is 5.97 Å². The number of hydrogen-bond donors (Lipinski definition) is 1. The van der Waals surface area contributed by atoms with Gasteiger partial charge in [0.05, 0.1) is 25.2 Å². The molecule has 2 heterocycles. The SMILES string of the molecule is COC(=O)C[C@H](c1cccnc1)c1oc(CSc2ccc3ccccc3c2)cc(=O)c1O. The molecule has 2 aromatic heterocycles. The molecule has 0 amide bonds. The molecule has 7 heteroatoms. The van der Waals surface area contributed by atoms with Crippen LogP contribution in [-0.4, -0.2) is 23.2 Å². The van der Waals surface area contributed by atoms with Gasteiger partial charge in [0.15, 0.2) is 5.76 Å². The lowest BCUT2D eigenvalue weighted by atomic mass is 9.93. The predicted molar refractivity (Wildman–Crippen MR) is 123 cm³/mol. The van der Waals surface area contributed by atoms with Crippen LogP contribution in [0.15, 0.2) is 87.2 Å². The van der Waals surface area contributed by atoms with Crippen LogP contribution >= 0.6 is 11.8 Å². The molecule has 0 aliphatic rings. The first-order chi connectivity index (χ1) is 15.5. The first-order valence-corrected chi connectivity index (χ1v) is 11.0. The Morgan fingerprint density at radius 3 is 2.69 bits per heavy atom. The molecule has 0 bridgehead atoms. The molecule has 0 unspecified atom stereocenters. The molecule has 32 heavy (non-hydrogen) atoms. The van der Waals surface area contributed by atoms with Crippen LogP contribution in [0.3, 0.4) is 0 Å². The number of methoxy groups -OCH3 is 1. The molecule has 6 nitrogen and oxygen atoms in total. The Kier molecular flexibility index (Phi) is 6.56. The zero-order valence-electron chi connectivity index (χ0n) is 17.4. The van der Waals surface area contributed by atoms with Gasteiger partial charge in [-0.2, -0.15) is 0 Å². The summed E-state index contributed by atoms with van der Waals surface area (Å²) in [6.45, 7) is 0. The fourth-order valence-corrected chi connectivity index (χ4v) is 4.29. The summed E-state index contributed by atoms with van der Waals surface area (Å²) in [4.78, 5) is 29.6. The smallest absolute Gasteiger partial charge is 0.306 e. The zero-order chi connectivity index (χ0) is 22.5. The average Bonchev–Trinajstić information content (AvgIpc) is 2.83. The van der Waals surface area contributed by atoms with Crippen molar-refractivity contribution in [3.8, 4) is 5.75 Å². The Bertz CT molecular complexity index is 1300. The molecule has 1 N–H and O–H groups in total. The minimum Gasteiger partial charge on any atom is -0.502 e. The van der Waals surface area contributed by atoms with E-state index in [2.05, 4.69) is 17.1 Å². The second kappa shape index (κ2) is 9.70. The summed E-state index contributed by atoms with van der Waals surface area (Å²) in [7, 11) is 1.29. The third kappa shape index (κ3) is 4.84. The van der Waals surface area contributed by atoms with Crippen molar-refractivity contribution in [3.05, 3.63) is 100 Å². The first kappa shape index (κ1) is 21.6. The first-order valence-electron chi connectivity index (χ1n) is 9.99. The summed E-state index contributed by atoms with van der Waals surface area (Å²) in [6.07, 6.45) is 3.08. The number of rotatable bonds is 7. The number of hydrogen-bond acceptors (Lipinski definition) is 7. The summed E-state index contributed by atoms with van der Waals surface area (Å²) in [6, 6.07) is 19.0. The molecule has 2 aromatic carbocycles. The number of nitrogens with zero attached hydrogens (tertiary/aromatic N) is 1. The molecule has 0 radical (unpaired) electrons. The van der Waals surface area contributed by atoms with Crippen LogP contribution < -0.4 is 5.43 Å². The normalized spacial score (nSPS) is 11.9. The molecular formula is C25H21NO5S. The van der Waals surface area contributed by atoms with Gasteiger partial charge in [0, 0.05) is 23.4 Å². The van der Waals surface area contributed by atoms with Crippen molar-refractivity contribution in [3.63, 3.8) is 0 Å². The summed E-state index contributed by atoms with van der Waals surface area (Å²) in [5, 5.41) is 12.7. The highest BCUT2D eigenvalue weighted by Crippen LogP contribution is 2.34. The molecule has 0 aliphatic carbocycles. The molecule has 0 spiro atoms. The number of ether oxygens (including phenoxy) is 1. The van der Waals surface area contributed by atoms with Gasteiger partial charge in [-0.15, -0.1) is 11.8 Å². The van der Waals surface area contributed by atoms with Crippen LogP contribution in [0.1, 0.15) is 29.4 Å². The van der Waals surface area contributed by atoms with Gasteiger partial charge in [0.1, 0.15) is 5.76 Å². The van der Waals surface area contributed by atoms with Crippen LogP contribution in [0.2, 0.25) is 0 Å². The third-order valence-corrected chi connectivity index (χ3v) is 6.12. The molecule has 1 atom stereocenters. The lowest BCUT2D eigenvalue weighted by Crippen LogP contribution is -2.14. The second-order valence-corrected chi connectivity index (χ2v) is 8.26. The molecule has 4 aromatic rings. The zero-order valence-corrected chi connectivity index (χ0v) is 18.2. The van der Waals surface area contributed by atoms with Gasteiger partial charge in [-0.25, -0.2) is 0 Å². The number of esters is 1. The molecule has 162 valence electrons. The fraction of sp³-hybridized carbons (Fsp3) is 0.160. The Labute approximate surface area is 188 Å². The Balaban J connectivity index is 1.64. The molecule has 0 fully saturated rings. The quantitative estimate of drug-likeness (QED) is 0.319. The van der Waals surface area contributed by atoms with Crippen LogP contribution in [0.4, 0.5) is 0 Å². The van der Waals surface area contributed by atoms with Crippen molar-refractivity contribution in [2.45, 2.75) is 23.0 Å². The average molecular weight is 448 g/mol. The number of thioether (sulfide) groups is 1. The van der Waals surface area contributed by atoms with Crippen LogP contribution in [0.25, 0.3) is 10.8 Å². The highest BCUT2D eigenvalue weighted by molar-refractivity contribution is 7.98. The minimum atomic E-state index is -0.700. The number of benzene rings is 2. The van der Waals surface area contributed by atoms with E-state index in [4.69, 9.17) is 9.15 Å². The number of fused-ring (bicyclic) bond motifs is 1. The molecule has 4 rings (SSSR count). The predicted octanol–water partition coefficient (Wildman–Crippen LogP) is 4.88. The van der Waals surface area contributed by atoms with Gasteiger partial charge in [0.25, 0.3) is 0 Å². The summed E-state index contributed by atoms with van der Waals surface area (Å²) >= 11 is 1.52. The second-order valence-electron chi connectivity index (χ2n) is 7.21. The van der Waals surface area contributed by atoms with Crippen LogP contribution in [0.5, 0.6) is 5.75 Å². The monoisotopic (exact) mass is 447 g/mol. The van der Waals surface area contributed by atoms with Crippen molar-refractivity contribution >= 4 is 28.5 Å². The highest BCUT2D eigenvalue weighted by Gasteiger charge is 2.26. The summed E-state index contributed by atoms with van der Waals surface area (Å²) < 4.78 is 10.8.